The van der Waals surface area contributed by atoms with E-state index in [1.54, 1.807) is 11.3 Å². The van der Waals surface area contributed by atoms with Gasteiger partial charge in [0.2, 0.25) is 0 Å². The summed E-state index contributed by atoms with van der Waals surface area (Å²) in [4.78, 5) is 16.6. The van der Waals surface area contributed by atoms with Gasteiger partial charge in [-0.05, 0) is 51.1 Å². The highest BCUT2D eigenvalue weighted by Crippen LogP contribution is 2.31. The van der Waals surface area contributed by atoms with E-state index in [1.165, 1.54) is 25.1 Å². The van der Waals surface area contributed by atoms with E-state index < -0.39 is 16.1 Å². The maximum absolute atomic E-state index is 11.9. The van der Waals surface area contributed by atoms with Crippen LogP contribution in [0.4, 0.5) is 0 Å². The zero-order valence-corrected chi connectivity index (χ0v) is 16.9. The van der Waals surface area contributed by atoms with E-state index in [9.17, 15) is 13.2 Å². The lowest BCUT2D eigenvalue weighted by Crippen LogP contribution is -2.26. The Bertz CT molecular complexity index is 934. The number of carbonyl (C=O) groups excluding carboxylic acids is 1. The first-order valence-corrected chi connectivity index (χ1v) is 11.5. The lowest BCUT2D eigenvalue weighted by atomic mass is 9.99. The summed E-state index contributed by atoms with van der Waals surface area (Å²) in [5, 5.41) is 6.25. The predicted octanol–water partition coefficient (Wildman–Crippen LogP) is 2.25. The van der Waals surface area contributed by atoms with Crippen molar-refractivity contribution in [2.45, 2.75) is 36.8 Å². The van der Waals surface area contributed by atoms with Crippen LogP contribution >= 0.6 is 11.3 Å². The Morgan fingerprint density at radius 1 is 1.37 bits per heavy atom. The molecule has 1 aromatic carbocycles. The number of piperidine rings is 1. The fourth-order valence-corrected chi connectivity index (χ4v) is 4.66. The minimum atomic E-state index is -3.42. The highest BCUT2D eigenvalue weighted by molar-refractivity contribution is 7.90. The molecule has 2 heterocycles. The van der Waals surface area contributed by atoms with Crippen molar-refractivity contribution in [3.05, 3.63) is 39.8 Å². The molecule has 27 heavy (non-hydrogen) atoms. The lowest BCUT2D eigenvalue weighted by Gasteiger charge is -2.20. The first kappa shape index (κ1) is 19.9. The van der Waals surface area contributed by atoms with Gasteiger partial charge in [-0.3, -0.25) is 10.5 Å². The summed E-state index contributed by atoms with van der Waals surface area (Å²) in [7, 11) is -3.42. The maximum atomic E-state index is 11.9. The molecule has 9 heteroatoms. The van der Waals surface area contributed by atoms with Gasteiger partial charge in [-0.1, -0.05) is 0 Å². The fourth-order valence-electron chi connectivity index (χ4n) is 3.00. The Morgan fingerprint density at radius 2 is 2.07 bits per heavy atom. The summed E-state index contributed by atoms with van der Waals surface area (Å²) in [6.45, 7) is 3.32. The molecule has 0 saturated carbocycles. The summed E-state index contributed by atoms with van der Waals surface area (Å²) in [5.41, 5.74) is 6.93. The second-order valence-corrected chi connectivity index (χ2v) is 9.57. The average Bonchev–Trinajstić information content (AvgIpc) is 3.12. The number of thiazole rings is 1. The number of rotatable bonds is 6. The standard InChI is InChI=1S/C18H23N3O4S2/c1-11(22)14-9-13(27(2,23)24)3-4-16(14)25-17(19)15-10-26-18(21-15)12-5-7-20-8-6-12/h3-4,9-10,12,17,20H,5-8,19H2,1-2H3. The molecule has 1 aliphatic heterocycles. The van der Waals surface area contributed by atoms with E-state index in [2.05, 4.69) is 10.3 Å². The van der Waals surface area contributed by atoms with E-state index in [4.69, 9.17) is 10.5 Å². The van der Waals surface area contributed by atoms with Gasteiger partial charge in [-0.25, -0.2) is 13.4 Å². The molecule has 3 rings (SSSR count). The van der Waals surface area contributed by atoms with E-state index >= 15 is 0 Å². The molecule has 1 unspecified atom stereocenters. The number of hydrogen-bond acceptors (Lipinski definition) is 8. The van der Waals surface area contributed by atoms with Crippen molar-refractivity contribution in [3.8, 4) is 5.75 Å². The second kappa shape index (κ2) is 8.05. The van der Waals surface area contributed by atoms with E-state index in [1.807, 2.05) is 5.38 Å². The molecule has 0 radical (unpaired) electrons. The molecule has 1 aliphatic rings. The van der Waals surface area contributed by atoms with Gasteiger partial charge in [-0.15, -0.1) is 11.3 Å². The van der Waals surface area contributed by atoms with Crippen molar-refractivity contribution in [1.82, 2.24) is 10.3 Å². The van der Waals surface area contributed by atoms with Gasteiger partial charge < -0.3 is 10.1 Å². The minimum absolute atomic E-state index is 0.0653. The Morgan fingerprint density at radius 3 is 2.70 bits per heavy atom. The van der Waals surface area contributed by atoms with Crippen LogP contribution in [-0.2, 0) is 9.84 Å². The monoisotopic (exact) mass is 409 g/mol. The zero-order valence-electron chi connectivity index (χ0n) is 15.3. The fraction of sp³-hybridized carbons (Fsp3) is 0.444. The highest BCUT2D eigenvalue weighted by Gasteiger charge is 2.22. The van der Waals surface area contributed by atoms with Crippen LogP contribution in [0.25, 0.3) is 0 Å². The van der Waals surface area contributed by atoms with Gasteiger partial charge in [0.1, 0.15) is 11.4 Å². The van der Waals surface area contributed by atoms with Crippen LogP contribution < -0.4 is 15.8 Å². The van der Waals surface area contributed by atoms with Crippen molar-refractivity contribution in [2.24, 2.45) is 5.73 Å². The number of carbonyl (C=O) groups is 1. The van der Waals surface area contributed by atoms with Gasteiger partial charge in [0.25, 0.3) is 0 Å². The molecule has 0 spiro atoms. The van der Waals surface area contributed by atoms with Crippen LogP contribution in [0.15, 0.2) is 28.5 Å². The molecule has 3 N–H and O–H groups in total. The van der Waals surface area contributed by atoms with Crippen LogP contribution in [-0.4, -0.2) is 38.5 Å². The molecular formula is C18H23N3O4S2. The maximum Gasteiger partial charge on any atom is 0.191 e. The molecule has 0 aliphatic carbocycles. The van der Waals surface area contributed by atoms with Crippen molar-refractivity contribution in [3.63, 3.8) is 0 Å². The highest BCUT2D eigenvalue weighted by atomic mass is 32.2. The molecule has 0 amide bonds. The first-order chi connectivity index (χ1) is 12.8. The molecule has 1 atom stereocenters. The van der Waals surface area contributed by atoms with Gasteiger partial charge in [-0.2, -0.15) is 0 Å². The third kappa shape index (κ3) is 4.73. The van der Waals surface area contributed by atoms with Crippen LogP contribution in [0, 0.1) is 0 Å². The number of nitrogens with one attached hydrogen (secondary N) is 1. The number of ketones is 1. The number of sulfone groups is 1. The molecule has 146 valence electrons. The number of aromatic nitrogens is 1. The molecule has 0 bridgehead atoms. The summed E-state index contributed by atoms with van der Waals surface area (Å²) in [5.74, 6) is 0.384. The average molecular weight is 410 g/mol. The normalized spacial score (nSPS) is 16.9. The quantitative estimate of drug-likeness (QED) is 0.556. The lowest BCUT2D eigenvalue weighted by molar-refractivity contribution is 0.101. The van der Waals surface area contributed by atoms with Crippen molar-refractivity contribution in [2.75, 3.05) is 19.3 Å². The Kier molecular flexibility index (Phi) is 5.95. The van der Waals surface area contributed by atoms with Crippen molar-refractivity contribution >= 4 is 27.0 Å². The van der Waals surface area contributed by atoms with Crippen LogP contribution in [0.5, 0.6) is 5.75 Å². The van der Waals surface area contributed by atoms with Crippen molar-refractivity contribution < 1.29 is 17.9 Å². The van der Waals surface area contributed by atoms with Crippen molar-refractivity contribution in [1.29, 1.82) is 0 Å². The number of Topliss-reactive ketones (excluding diaryl/α,β-unsaturated/α-hetero) is 1. The number of nitrogens with two attached hydrogens (primary N) is 1. The molecule has 1 fully saturated rings. The zero-order chi connectivity index (χ0) is 19.6. The number of ether oxygens (including phenoxy) is 1. The molecule has 7 nitrogen and oxygen atoms in total. The summed E-state index contributed by atoms with van der Waals surface area (Å²) in [6, 6.07) is 4.19. The largest absolute Gasteiger partial charge is 0.469 e. The van der Waals surface area contributed by atoms with Crippen LogP contribution in [0.1, 0.15) is 53.0 Å². The third-order valence-electron chi connectivity index (χ3n) is 4.53. The smallest absolute Gasteiger partial charge is 0.191 e. The topological polar surface area (TPSA) is 111 Å². The second-order valence-electron chi connectivity index (χ2n) is 6.66. The summed E-state index contributed by atoms with van der Waals surface area (Å²) in [6.07, 6.45) is 2.35. The number of hydrogen-bond donors (Lipinski definition) is 2. The van der Waals surface area contributed by atoms with Gasteiger partial charge in [0.05, 0.1) is 15.5 Å². The summed E-state index contributed by atoms with van der Waals surface area (Å²) < 4.78 is 29.2. The van der Waals surface area contributed by atoms with Gasteiger partial charge >= 0.3 is 0 Å². The minimum Gasteiger partial charge on any atom is -0.469 e. The van der Waals surface area contributed by atoms with Gasteiger partial charge in [0, 0.05) is 17.6 Å². The third-order valence-corrected chi connectivity index (χ3v) is 6.67. The predicted molar refractivity (Wildman–Crippen MR) is 104 cm³/mol. The number of benzene rings is 1. The molecule has 1 aromatic heterocycles. The molecular weight excluding hydrogens is 386 g/mol. The Balaban J connectivity index is 1.80. The van der Waals surface area contributed by atoms with Gasteiger partial charge in [0.15, 0.2) is 21.8 Å². The first-order valence-electron chi connectivity index (χ1n) is 8.69. The Hall–Kier alpha value is -1.81. The molecule has 1 saturated heterocycles. The summed E-state index contributed by atoms with van der Waals surface area (Å²) >= 11 is 1.57. The van der Waals surface area contributed by atoms with E-state index in [-0.39, 0.29) is 22.0 Å². The van der Waals surface area contributed by atoms with E-state index in [0.29, 0.717) is 11.6 Å². The van der Waals surface area contributed by atoms with Crippen LogP contribution in [0.2, 0.25) is 0 Å². The number of nitrogens with zero attached hydrogens (tertiary/aromatic N) is 1. The van der Waals surface area contributed by atoms with Crippen LogP contribution in [0.3, 0.4) is 0 Å². The van der Waals surface area contributed by atoms with E-state index in [0.717, 1.165) is 37.2 Å². The Labute approximate surface area is 162 Å². The molecule has 2 aromatic rings. The SMILES string of the molecule is CC(=O)c1cc(S(C)(=O)=O)ccc1OC(N)c1csc(C2CCNCC2)n1.